The van der Waals surface area contributed by atoms with E-state index in [9.17, 15) is 19.2 Å². The molecule has 0 rings (SSSR count). The number of carboxylic acids is 1. The first kappa shape index (κ1) is 17.2. The van der Waals surface area contributed by atoms with Gasteiger partial charge in [0.05, 0.1) is 6.61 Å². The minimum absolute atomic E-state index is 0.0266. The maximum Gasteiger partial charge on any atom is 0.329 e. The number of carbonyl (C=O) groups is 4. The highest BCUT2D eigenvalue weighted by molar-refractivity contribution is 8.14. The summed E-state index contributed by atoms with van der Waals surface area (Å²) in [4.78, 5) is 43.9. The first-order valence-electron chi connectivity index (χ1n) is 5.38. The van der Waals surface area contributed by atoms with Crippen molar-refractivity contribution < 1.29 is 29.0 Å². The van der Waals surface area contributed by atoms with Gasteiger partial charge in [0.25, 0.3) is 0 Å². The third kappa shape index (κ3) is 8.83. The number of esters is 1. The van der Waals surface area contributed by atoms with Crippen molar-refractivity contribution in [2.75, 3.05) is 12.4 Å². The minimum atomic E-state index is -1.24. The van der Waals surface area contributed by atoms with Crippen molar-refractivity contribution in [2.24, 2.45) is 0 Å². The fraction of sp³-hybridized carbons (Fsp3) is 0.455. The highest BCUT2D eigenvalue weighted by Crippen LogP contribution is 2.07. The van der Waals surface area contributed by atoms with Crippen LogP contribution in [-0.2, 0) is 23.9 Å². The van der Waals surface area contributed by atoms with E-state index in [-0.39, 0.29) is 12.4 Å². The lowest BCUT2D eigenvalue weighted by Crippen LogP contribution is -2.42. The van der Waals surface area contributed by atoms with Crippen LogP contribution in [0.15, 0.2) is 12.2 Å². The highest BCUT2D eigenvalue weighted by Gasteiger charge is 2.21. The number of rotatable bonds is 7. The Morgan fingerprint density at radius 3 is 2.42 bits per heavy atom. The van der Waals surface area contributed by atoms with Crippen LogP contribution in [0.1, 0.15) is 13.8 Å². The Kier molecular flexibility index (Phi) is 8.27. The molecule has 0 saturated heterocycles. The smallest absolute Gasteiger partial charge is 0.329 e. The van der Waals surface area contributed by atoms with Gasteiger partial charge in [-0.25, -0.2) is 9.59 Å². The van der Waals surface area contributed by atoms with Crippen molar-refractivity contribution in [3.8, 4) is 0 Å². The van der Waals surface area contributed by atoms with Gasteiger partial charge in [0.2, 0.25) is 11.0 Å². The van der Waals surface area contributed by atoms with Crippen LogP contribution >= 0.6 is 11.8 Å². The Hall–Kier alpha value is -1.83. The van der Waals surface area contributed by atoms with E-state index in [1.165, 1.54) is 6.92 Å². The molecular formula is C11H15NO6S. The fourth-order valence-electron chi connectivity index (χ4n) is 1.01. The van der Waals surface area contributed by atoms with Crippen LogP contribution in [0, 0.1) is 0 Å². The van der Waals surface area contributed by atoms with Gasteiger partial charge in [0.15, 0.2) is 0 Å². The normalized spacial score (nSPS) is 11.9. The number of carboxylic acid groups (broad SMARTS) is 1. The molecule has 0 fully saturated rings. The van der Waals surface area contributed by atoms with Gasteiger partial charge < -0.3 is 15.2 Å². The Labute approximate surface area is 114 Å². The SMILES string of the molecule is CCOC(=O)[C@H](CSC(=O)/C=C/C(=O)O)NC(C)=O. The molecule has 0 radical (unpaired) electrons. The first-order valence-corrected chi connectivity index (χ1v) is 6.36. The van der Waals surface area contributed by atoms with Gasteiger partial charge in [-0.3, -0.25) is 9.59 Å². The van der Waals surface area contributed by atoms with Crippen LogP contribution in [0.3, 0.4) is 0 Å². The molecule has 0 aliphatic carbocycles. The topological polar surface area (TPSA) is 110 Å². The third-order valence-electron chi connectivity index (χ3n) is 1.70. The molecule has 0 unspecified atom stereocenters. The first-order chi connectivity index (χ1) is 8.86. The fourth-order valence-corrected chi connectivity index (χ4v) is 1.72. The predicted octanol–water partition coefficient (Wildman–Crippen LogP) is -0.0452. The zero-order chi connectivity index (χ0) is 14.8. The molecule has 0 aliphatic rings. The summed E-state index contributed by atoms with van der Waals surface area (Å²) in [5.41, 5.74) is 0. The number of hydrogen-bond donors (Lipinski definition) is 2. The zero-order valence-corrected chi connectivity index (χ0v) is 11.4. The van der Waals surface area contributed by atoms with E-state index < -0.39 is 29.0 Å². The van der Waals surface area contributed by atoms with Crippen molar-refractivity contribution in [3.63, 3.8) is 0 Å². The van der Waals surface area contributed by atoms with Gasteiger partial charge in [-0.05, 0) is 13.0 Å². The van der Waals surface area contributed by atoms with Crippen molar-refractivity contribution in [3.05, 3.63) is 12.2 Å². The molecule has 0 aromatic heterocycles. The molecule has 1 atom stereocenters. The summed E-state index contributed by atoms with van der Waals surface area (Å²) in [6.07, 6.45) is 1.58. The van der Waals surface area contributed by atoms with Gasteiger partial charge >= 0.3 is 11.9 Å². The summed E-state index contributed by atoms with van der Waals surface area (Å²) >= 11 is 0.718. The summed E-state index contributed by atoms with van der Waals surface area (Å²) < 4.78 is 4.74. The quantitative estimate of drug-likeness (QED) is 0.499. The number of amides is 1. The molecule has 0 aromatic carbocycles. The van der Waals surface area contributed by atoms with Crippen LogP contribution < -0.4 is 5.32 Å². The van der Waals surface area contributed by atoms with E-state index in [1.54, 1.807) is 6.92 Å². The molecule has 106 valence electrons. The number of ether oxygens (including phenoxy) is 1. The predicted molar refractivity (Wildman–Crippen MR) is 68.5 cm³/mol. The van der Waals surface area contributed by atoms with E-state index in [4.69, 9.17) is 9.84 Å². The number of carbonyl (C=O) groups excluding carboxylic acids is 3. The van der Waals surface area contributed by atoms with Crippen molar-refractivity contribution in [1.29, 1.82) is 0 Å². The molecule has 0 saturated carbocycles. The van der Waals surface area contributed by atoms with Crippen LogP contribution in [0.4, 0.5) is 0 Å². The van der Waals surface area contributed by atoms with Crippen LogP contribution in [0.5, 0.6) is 0 Å². The molecule has 2 N–H and O–H groups in total. The standard InChI is InChI=1S/C11H15NO6S/c1-3-18-11(17)8(12-7(2)13)6-19-10(16)5-4-9(14)15/h4-5,8H,3,6H2,1-2H3,(H,12,13)(H,14,15)/b5-4+/t8-/m0/s1. The second-order valence-corrected chi connectivity index (χ2v) is 4.33. The molecule has 7 nitrogen and oxygen atoms in total. The molecular weight excluding hydrogens is 274 g/mol. The van der Waals surface area contributed by atoms with Crippen molar-refractivity contribution >= 4 is 34.7 Å². The summed E-state index contributed by atoms with van der Waals surface area (Å²) in [6, 6.07) is -0.940. The summed E-state index contributed by atoms with van der Waals surface area (Å²) in [5, 5.41) is 10.2. The molecule has 19 heavy (non-hydrogen) atoms. The van der Waals surface area contributed by atoms with Crippen molar-refractivity contribution in [1.82, 2.24) is 5.32 Å². The molecule has 0 spiro atoms. The number of aliphatic carboxylic acids is 1. The number of thioether (sulfide) groups is 1. The Morgan fingerprint density at radius 2 is 1.95 bits per heavy atom. The van der Waals surface area contributed by atoms with E-state index in [1.807, 2.05) is 0 Å². The Balaban J connectivity index is 4.40. The lowest BCUT2D eigenvalue weighted by atomic mass is 10.3. The second kappa shape index (κ2) is 9.15. The lowest BCUT2D eigenvalue weighted by molar-refractivity contribution is -0.146. The minimum Gasteiger partial charge on any atom is -0.478 e. The van der Waals surface area contributed by atoms with E-state index in [0.717, 1.165) is 17.8 Å². The van der Waals surface area contributed by atoms with Crippen LogP contribution in [0.25, 0.3) is 0 Å². The summed E-state index contributed by atoms with van der Waals surface area (Å²) in [7, 11) is 0. The van der Waals surface area contributed by atoms with Crippen LogP contribution in [0.2, 0.25) is 0 Å². The van der Waals surface area contributed by atoms with Gasteiger partial charge in [0.1, 0.15) is 6.04 Å². The summed E-state index contributed by atoms with van der Waals surface area (Å²) in [6.45, 7) is 3.02. The van der Waals surface area contributed by atoms with E-state index in [0.29, 0.717) is 6.08 Å². The molecule has 0 bridgehead atoms. The average Bonchev–Trinajstić information content (AvgIpc) is 2.31. The summed E-state index contributed by atoms with van der Waals surface area (Å²) in [5.74, 6) is -2.33. The lowest BCUT2D eigenvalue weighted by Gasteiger charge is -2.14. The Morgan fingerprint density at radius 1 is 1.32 bits per heavy atom. The molecule has 0 heterocycles. The largest absolute Gasteiger partial charge is 0.478 e. The maximum absolute atomic E-state index is 11.5. The van der Waals surface area contributed by atoms with E-state index >= 15 is 0 Å². The number of hydrogen-bond acceptors (Lipinski definition) is 6. The molecule has 1 amide bonds. The van der Waals surface area contributed by atoms with Gasteiger partial charge in [-0.15, -0.1) is 0 Å². The zero-order valence-electron chi connectivity index (χ0n) is 10.5. The average molecular weight is 289 g/mol. The Bertz CT molecular complexity index is 393. The molecule has 8 heteroatoms. The third-order valence-corrected chi connectivity index (χ3v) is 2.62. The highest BCUT2D eigenvalue weighted by atomic mass is 32.2. The van der Waals surface area contributed by atoms with Crippen molar-refractivity contribution in [2.45, 2.75) is 19.9 Å². The second-order valence-electron chi connectivity index (χ2n) is 3.31. The maximum atomic E-state index is 11.5. The van der Waals surface area contributed by atoms with E-state index in [2.05, 4.69) is 5.32 Å². The molecule has 0 aliphatic heterocycles. The van der Waals surface area contributed by atoms with Crippen LogP contribution in [-0.4, -0.2) is 46.5 Å². The monoisotopic (exact) mass is 289 g/mol. The number of nitrogens with one attached hydrogen (secondary N) is 1. The van der Waals surface area contributed by atoms with Gasteiger partial charge in [0, 0.05) is 18.8 Å². The molecule has 0 aromatic rings. The van der Waals surface area contributed by atoms with Gasteiger partial charge in [-0.1, -0.05) is 11.8 Å². The van der Waals surface area contributed by atoms with Gasteiger partial charge in [-0.2, -0.15) is 0 Å².